The van der Waals surface area contributed by atoms with E-state index in [1.54, 1.807) is 0 Å². The number of nitrogens with two attached hydrogens (primary N) is 2. The highest BCUT2D eigenvalue weighted by Gasteiger charge is 1.98. The van der Waals surface area contributed by atoms with Crippen LogP contribution < -0.4 is 11.5 Å². The van der Waals surface area contributed by atoms with E-state index in [0.29, 0.717) is 0 Å². The monoisotopic (exact) mass is 138 g/mol. The fraction of sp³-hybridized carbons (Fsp3) is 0. The fourth-order valence-electron chi connectivity index (χ4n) is 0.561. The van der Waals surface area contributed by atoms with Crippen molar-refractivity contribution in [2.45, 2.75) is 0 Å². The van der Waals surface area contributed by atoms with Crippen molar-refractivity contribution in [2.24, 2.45) is 5.18 Å². The normalized spacial score (nSPS) is 9.20. The number of nitroso groups, excluding NO2 is 1. The van der Waals surface area contributed by atoms with Crippen LogP contribution >= 0.6 is 0 Å². The van der Waals surface area contributed by atoms with E-state index in [-0.39, 0.29) is 17.3 Å². The van der Waals surface area contributed by atoms with E-state index in [2.05, 4.69) is 10.2 Å². The van der Waals surface area contributed by atoms with Crippen LogP contribution in [0, 0.1) is 4.91 Å². The minimum atomic E-state index is 0.0648. The Labute approximate surface area is 57.0 Å². The van der Waals surface area contributed by atoms with Crippen molar-refractivity contribution in [3.05, 3.63) is 17.0 Å². The highest BCUT2D eigenvalue weighted by Crippen LogP contribution is 2.19. The molecule has 0 saturated heterocycles. The molecule has 5 heteroatoms. The van der Waals surface area contributed by atoms with Gasteiger partial charge >= 0.3 is 0 Å². The summed E-state index contributed by atoms with van der Waals surface area (Å²) >= 11 is 0. The van der Waals surface area contributed by atoms with E-state index >= 15 is 0 Å². The van der Waals surface area contributed by atoms with E-state index < -0.39 is 0 Å². The highest BCUT2D eigenvalue weighted by molar-refractivity contribution is 5.59. The maximum absolute atomic E-state index is 9.93. The second kappa shape index (κ2) is 2.30. The summed E-state index contributed by atoms with van der Waals surface area (Å²) < 4.78 is 0. The topological polar surface area (TPSA) is 94.4 Å². The average molecular weight is 138 g/mol. The van der Waals surface area contributed by atoms with Gasteiger partial charge in [0.15, 0.2) is 5.82 Å². The molecule has 5 nitrogen and oxygen atoms in total. The van der Waals surface area contributed by atoms with Gasteiger partial charge in [0.2, 0.25) is 0 Å². The second-order valence-corrected chi connectivity index (χ2v) is 1.73. The zero-order chi connectivity index (χ0) is 7.56. The number of pyridine rings is 1. The van der Waals surface area contributed by atoms with Gasteiger partial charge in [-0.2, -0.15) is 0 Å². The molecule has 10 heavy (non-hydrogen) atoms. The first-order valence-corrected chi connectivity index (χ1v) is 2.59. The Hall–Kier alpha value is -1.65. The molecular formula is C5H6N4O. The molecule has 0 atom stereocenters. The Balaban J connectivity index is 3.19. The molecule has 1 heterocycles. The largest absolute Gasteiger partial charge is 0.384 e. The van der Waals surface area contributed by atoms with Gasteiger partial charge < -0.3 is 11.5 Å². The SMILES string of the molecule is Nc1ccc(N=O)c(N)n1. The maximum Gasteiger partial charge on any atom is 0.155 e. The summed E-state index contributed by atoms with van der Waals surface area (Å²) in [7, 11) is 0. The molecule has 0 saturated carbocycles. The maximum atomic E-state index is 9.93. The van der Waals surface area contributed by atoms with Gasteiger partial charge in [-0.1, -0.05) is 0 Å². The molecule has 0 aromatic carbocycles. The number of nitrogen functional groups attached to an aromatic ring is 2. The van der Waals surface area contributed by atoms with Crippen LogP contribution in [-0.2, 0) is 0 Å². The van der Waals surface area contributed by atoms with E-state index in [1.807, 2.05) is 0 Å². The Bertz CT molecular complexity index is 260. The summed E-state index contributed by atoms with van der Waals surface area (Å²) in [6, 6.07) is 2.89. The van der Waals surface area contributed by atoms with Crippen molar-refractivity contribution < 1.29 is 0 Å². The lowest BCUT2D eigenvalue weighted by molar-refractivity contribution is 1.32. The summed E-state index contributed by atoms with van der Waals surface area (Å²) in [5.74, 6) is 0.347. The van der Waals surface area contributed by atoms with Gasteiger partial charge in [-0.3, -0.25) is 0 Å². The molecule has 0 spiro atoms. The highest BCUT2D eigenvalue weighted by atomic mass is 16.3. The van der Waals surface area contributed by atoms with Gasteiger partial charge in [-0.25, -0.2) is 4.98 Å². The molecule has 0 unspecified atom stereocenters. The van der Waals surface area contributed by atoms with Crippen LogP contribution in [0.5, 0.6) is 0 Å². The minimum absolute atomic E-state index is 0.0648. The summed E-state index contributed by atoms with van der Waals surface area (Å²) in [4.78, 5) is 13.5. The summed E-state index contributed by atoms with van der Waals surface area (Å²) in [6.45, 7) is 0. The third kappa shape index (κ3) is 1.02. The third-order valence-corrected chi connectivity index (χ3v) is 1.02. The predicted octanol–water partition coefficient (Wildman–Crippen LogP) is 0.644. The lowest BCUT2D eigenvalue weighted by Crippen LogP contribution is -1.94. The third-order valence-electron chi connectivity index (χ3n) is 1.02. The van der Waals surface area contributed by atoms with Crippen molar-refractivity contribution in [1.29, 1.82) is 0 Å². The number of hydrogen-bond acceptors (Lipinski definition) is 5. The van der Waals surface area contributed by atoms with E-state index in [9.17, 15) is 4.91 Å². The second-order valence-electron chi connectivity index (χ2n) is 1.73. The predicted molar refractivity (Wildman–Crippen MR) is 38.5 cm³/mol. The molecule has 0 aliphatic rings. The lowest BCUT2D eigenvalue weighted by Gasteiger charge is -1.95. The van der Waals surface area contributed by atoms with Crippen molar-refractivity contribution in [3.63, 3.8) is 0 Å². The first-order chi connectivity index (χ1) is 4.74. The molecule has 0 aliphatic carbocycles. The van der Waals surface area contributed by atoms with Crippen LogP contribution in [0.3, 0.4) is 0 Å². The van der Waals surface area contributed by atoms with Gasteiger partial charge in [-0.15, -0.1) is 4.91 Å². The van der Waals surface area contributed by atoms with Crippen molar-refractivity contribution >= 4 is 17.3 Å². The van der Waals surface area contributed by atoms with Crippen LogP contribution in [0.4, 0.5) is 17.3 Å². The zero-order valence-corrected chi connectivity index (χ0v) is 5.11. The lowest BCUT2D eigenvalue weighted by atomic mass is 10.4. The molecule has 0 bridgehead atoms. The Morgan fingerprint density at radius 2 is 2.10 bits per heavy atom. The zero-order valence-electron chi connectivity index (χ0n) is 5.11. The average Bonchev–Trinajstić information content (AvgIpc) is 1.88. The first kappa shape index (κ1) is 6.47. The van der Waals surface area contributed by atoms with Crippen LogP contribution in [0.2, 0.25) is 0 Å². The molecular weight excluding hydrogens is 132 g/mol. The van der Waals surface area contributed by atoms with Crippen LogP contribution in [0.1, 0.15) is 0 Å². The molecule has 1 aromatic rings. The Morgan fingerprint density at radius 3 is 2.60 bits per heavy atom. The quantitative estimate of drug-likeness (QED) is 0.557. The minimum Gasteiger partial charge on any atom is -0.384 e. The van der Waals surface area contributed by atoms with E-state index in [0.717, 1.165) is 0 Å². The van der Waals surface area contributed by atoms with Crippen LogP contribution in [0.15, 0.2) is 17.3 Å². The molecule has 0 radical (unpaired) electrons. The smallest absolute Gasteiger partial charge is 0.155 e. The van der Waals surface area contributed by atoms with Crippen molar-refractivity contribution in [3.8, 4) is 0 Å². The molecule has 52 valence electrons. The van der Waals surface area contributed by atoms with Gasteiger partial charge in [0.05, 0.1) is 0 Å². The number of hydrogen-bond donors (Lipinski definition) is 2. The van der Waals surface area contributed by atoms with Crippen molar-refractivity contribution in [1.82, 2.24) is 4.98 Å². The van der Waals surface area contributed by atoms with Crippen LogP contribution in [-0.4, -0.2) is 4.98 Å². The number of aromatic nitrogens is 1. The van der Waals surface area contributed by atoms with Crippen molar-refractivity contribution in [2.75, 3.05) is 11.5 Å². The first-order valence-electron chi connectivity index (χ1n) is 2.59. The standard InChI is InChI=1S/C5H6N4O/c6-4-2-1-3(9-10)5(7)8-4/h1-2H,(H4,6,7,8). The number of rotatable bonds is 1. The van der Waals surface area contributed by atoms with Gasteiger partial charge in [0.1, 0.15) is 11.5 Å². The molecule has 4 N–H and O–H groups in total. The van der Waals surface area contributed by atoms with E-state index in [1.165, 1.54) is 12.1 Å². The van der Waals surface area contributed by atoms with Gasteiger partial charge in [-0.05, 0) is 17.3 Å². The van der Waals surface area contributed by atoms with Crippen LogP contribution in [0.25, 0.3) is 0 Å². The molecule has 0 aliphatic heterocycles. The molecule has 0 amide bonds. The molecule has 1 aromatic heterocycles. The fourth-order valence-corrected chi connectivity index (χ4v) is 0.561. The van der Waals surface area contributed by atoms with Gasteiger partial charge in [0, 0.05) is 0 Å². The molecule has 0 fully saturated rings. The summed E-state index contributed by atoms with van der Waals surface area (Å²) in [6.07, 6.45) is 0. The number of nitrogens with zero attached hydrogens (tertiary/aromatic N) is 2. The molecule has 1 rings (SSSR count). The van der Waals surface area contributed by atoms with Gasteiger partial charge in [0.25, 0.3) is 0 Å². The summed E-state index contributed by atoms with van der Waals surface area (Å²) in [5, 5.41) is 2.62. The Kier molecular flexibility index (Phi) is 1.49. The number of anilines is 2. The summed E-state index contributed by atoms with van der Waals surface area (Å²) in [5.41, 5.74) is 10.6. The Morgan fingerprint density at radius 1 is 1.40 bits per heavy atom. The van der Waals surface area contributed by atoms with E-state index in [4.69, 9.17) is 11.5 Å².